The van der Waals surface area contributed by atoms with Crippen LogP contribution in [-0.2, 0) is 9.47 Å². The first-order valence-corrected chi connectivity index (χ1v) is 7.35. The molecule has 2 unspecified atom stereocenters. The maximum absolute atomic E-state index is 5.77. The molecule has 4 heteroatoms. The number of halogens is 1. The molecular formula is C14H20INO2. The van der Waals surface area contributed by atoms with E-state index in [0.717, 1.165) is 6.54 Å². The van der Waals surface area contributed by atoms with E-state index >= 15 is 0 Å². The van der Waals surface area contributed by atoms with Crippen LogP contribution in [0.15, 0.2) is 24.3 Å². The van der Waals surface area contributed by atoms with Gasteiger partial charge in [0.05, 0.1) is 12.7 Å². The molecule has 3 nitrogen and oxygen atoms in total. The molecule has 1 aliphatic heterocycles. The zero-order valence-electron chi connectivity index (χ0n) is 11.1. The van der Waals surface area contributed by atoms with Crippen LogP contribution in [0.2, 0.25) is 0 Å². The molecule has 2 atom stereocenters. The van der Waals surface area contributed by atoms with Crippen molar-refractivity contribution in [3.8, 4) is 0 Å². The zero-order valence-corrected chi connectivity index (χ0v) is 13.2. The van der Waals surface area contributed by atoms with Crippen molar-refractivity contribution in [3.05, 3.63) is 33.4 Å². The second kappa shape index (κ2) is 5.86. The Kier molecular flexibility index (Phi) is 4.64. The molecule has 1 heterocycles. The maximum atomic E-state index is 5.77. The molecule has 0 saturated carbocycles. The molecule has 0 aromatic heterocycles. The topological polar surface area (TPSA) is 30.5 Å². The second-order valence-corrected chi connectivity index (χ2v) is 6.38. The van der Waals surface area contributed by atoms with Crippen molar-refractivity contribution in [3.63, 3.8) is 0 Å². The van der Waals surface area contributed by atoms with Gasteiger partial charge in [-0.1, -0.05) is 12.1 Å². The van der Waals surface area contributed by atoms with E-state index in [0.29, 0.717) is 12.6 Å². The fourth-order valence-corrected chi connectivity index (χ4v) is 2.40. The third-order valence-electron chi connectivity index (χ3n) is 3.09. The number of benzene rings is 1. The lowest BCUT2D eigenvalue weighted by Gasteiger charge is -2.19. The van der Waals surface area contributed by atoms with Crippen molar-refractivity contribution < 1.29 is 9.47 Å². The lowest BCUT2D eigenvalue weighted by atomic mass is 10.1. The molecular weight excluding hydrogens is 341 g/mol. The molecule has 1 aliphatic rings. The van der Waals surface area contributed by atoms with Crippen LogP contribution in [0.25, 0.3) is 0 Å². The molecule has 100 valence electrons. The van der Waals surface area contributed by atoms with Crippen molar-refractivity contribution in [2.45, 2.75) is 38.7 Å². The molecule has 2 rings (SSSR count). The SMILES string of the molecule is CC(NCC1COC(C)(C)O1)c1ccc(I)cc1. The highest BCUT2D eigenvalue weighted by atomic mass is 127. The highest BCUT2D eigenvalue weighted by Gasteiger charge is 2.32. The summed E-state index contributed by atoms with van der Waals surface area (Å²) in [4.78, 5) is 0. The Balaban J connectivity index is 1.82. The van der Waals surface area contributed by atoms with Crippen LogP contribution >= 0.6 is 22.6 Å². The Bertz CT molecular complexity index is 391. The van der Waals surface area contributed by atoms with Gasteiger partial charge in [0.2, 0.25) is 0 Å². The number of nitrogens with one attached hydrogen (secondary N) is 1. The Morgan fingerprint density at radius 2 is 2.06 bits per heavy atom. The molecule has 1 fully saturated rings. The summed E-state index contributed by atoms with van der Waals surface area (Å²) in [6.45, 7) is 7.56. The van der Waals surface area contributed by atoms with Gasteiger partial charge < -0.3 is 14.8 Å². The van der Waals surface area contributed by atoms with E-state index < -0.39 is 5.79 Å². The van der Waals surface area contributed by atoms with Gasteiger partial charge >= 0.3 is 0 Å². The van der Waals surface area contributed by atoms with E-state index in [1.54, 1.807) is 0 Å². The second-order valence-electron chi connectivity index (χ2n) is 5.13. The van der Waals surface area contributed by atoms with E-state index in [-0.39, 0.29) is 6.10 Å². The van der Waals surface area contributed by atoms with Crippen molar-refractivity contribution >= 4 is 22.6 Å². The van der Waals surface area contributed by atoms with Crippen molar-refractivity contribution in [2.75, 3.05) is 13.2 Å². The number of hydrogen-bond donors (Lipinski definition) is 1. The summed E-state index contributed by atoms with van der Waals surface area (Å²) in [6, 6.07) is 8.91. The molecule has 0 aliphatic carbocycles. The molecule has 0 radical (unpaired) electrons. The predicted molar refractivity (Wildman–Crippen MR) is 80.5 cm³/mol. The molecule has 0 spiro atoms. The first kappa shape index (κ1) is 14.2. The Hall–Kier alpha value is -0.170. The van der Waals surface area contributed by atoms with Gasteiger partial charge in [0.15, 0.2) is 5.79 Å². The van der Waals surface area contributed by atoms with Gasteiger partial charge in [-0.05, 0) is 61.1 Å². The molecule has 0 amide bonds. The number of ether oxygens (including phenoxy) is 2. The Morgan fingerprint density at radius 3 is 2.61 bits per heavy atom. The van der Waals surface area contributed by atoms with Gasteiger partial charge in [0.1, 0.15) is 0 Å². The fraction of sp³-hybridized carbons (Fsp3) is 0.571. The summed E-state index contributed by atoms with van der Waals surface area (Å²) in [7, 11) is 0. The van der Waals surface area contributed by atoms with Crippen LogP contribution in [0.1, 0.15) is 32.4 Å². The van der Waals surface area contributed by atoms with Gasteiger partial charge in [-0.15, -0.1) is 0 Å². The van der Waals surface area contributed by atoms with Crippen molar-refractivity contribution in [1.82, 2.24) is 5.32 Å². The highest BCUT2D eigenvalue weighted by molar-refractivity contribution is 14.1. The molecule has 1 N–H and O–H groups in total. The monoisotopic (exact) mass is 361 g/mol. The molecule has 0 bridgehead atoms. The van der Waals surface area contributed by atoms with Gasteiger partial charge in [-0.3, -0.25) is 0 Å². The van der Waals surface area contributed by atoms with Crippen LogP contribution in [-0.4, -0.2) is 25.0 Å². The maximum Gasteiger partial charge on any atom is 0.163 e. The fourth-order valence-electron chi connectivity index (χ4n) is 2.04. The number of hydrogen-bond acceptors (Lipinski definition) is 3. The minimum Gasteiger partial charge on any atom is -0.348 e. The quantitative estimate of drug-likeness (QED) is 0.837. The average Bonchev–Trinajstić information content (AvgIpc) is 2.67. The minimum atomic E-state index is -0.432. The zero-order chi connectivity index (χ0) is 13.2. The van der Waals surface area contributed by atoms with E-state index in [2.05, 4.69) is 59.1 Å². The highest BCUT2D eigenvalue weighted by Crippen LogP contribution is 2.22. The third kappa shape index (κ3) is 3.91. The van der Waals surface area contributed by atoms with Gasteiger partial charge in [-0.25, -0.2) is 0 Å². The van der Waals surface area contributed by atoms with Gasteiger partial charge in [0.25, 0.3) is 0 Å². The smallest absolute Gasteiger partial charge is 0.163 e. The summed E-state index contributed by atoms with van der Waals surface area (Å²) in [5.41, 5.74) is 1.30. The summed E-state index contributed by atoms with van der Waals surface area (Å²) >= 11 is 2.32. The van der Waals surface area contributed by atoms with Crippen LogP contribution in [0.5, 0.6) is 0 Å². The van der Waals surface area contributed by atoms with Crippen LogP contribution in [0.3, 0.4) is 0 Å². The van der Waals surface area contributed by atoms with E-state index in [4.69, 9.17) is 9.47 Å². The lowest BCUT2D eigenvalue weighted by molar-refractivity contribution is -0.137. The summed E-state index contributed by atoms with van der Waals surface area (Å²) in [5.74, 6) is -0.432. The van der Waals surface area contributed by atoms with Crippen molar-refractivity contribution in [1.29, 1.82) is 0 Å². The van der Waals surface area contributed by atoms with Crippen molar-refractivity contribution in [2.24, 2.45) is 0 Å². The molecule has 1 aromatic rings. The summed E-state index contributed by atoms with van der Waals surface area (Å²) in [6.07, 6.45) is 0.145. The van der Waals surface area contributed by atoms with Crippen LogP contribution in [0, 0.1) is 3.57 Å². The van der Waals surface area contributed by atoms with E-state index in [1.807, 2.05) is 13.8 Å². The largest absolute Gasteiger partial charge is 0.348 e. The Morgan fingerprint density at radius 1 is 1.39 bits per heavy atom. The molecule has 18 heavy (non-hydrogen) atoms. The summed E-state index contributed by atoms with van der Waals surface area (Å²) in [5, 5.41) is 3.49. The van der Waals surface area contributed by atoms with E-state index in [9.17, 15) is 0 Å². The van der Waals surface area contributed by atoms with Gasteiger partial charge in [-0.2, -0.15) is 0 Å². The normalized spacial score (nSPS) is 24.1. The summed E-state index contributed by atoms with van der Waals surface area (Å²) < 4.78 is 12.6. The number of rotatable bonds is 4. The first-order valence-electron chi connectivity index (χ1n) is 6.27. The van der Waals surface area contributed by atoms with Crippen LogP contribution in [0.4, 0.5) is 0 Å². The standard InChI is InChI=1S/C14H20INO2/c1-10(11-4-6-12(15)7-5-11)16-8-13-9-17-14(2,3)18-13/h4-7,10,13,16H,8-9H2,1-3H3. The average molecular weight is 361 g/mol. The van der Waals surface area contributed by atoms with E-state index in [1.165, 1.54) is 9.13 Å². The third-order valence-corrected chi connectivity index (χ3v) is 3.81. The first-order chi connectivity index (χ1) is 8.46. The van der Waals surface area contributed by atoms with Gasteiger partial charge in [0, 0.05) is 16.2 Å². The predicted octanol–water partition coefficient (Wildman–Crippen LogP) is 3.09. The Labute approximate surface area is 122 Å². The molecule has 1 aromatic carbocycles. The minimum absolute atomic E-state index is 0.145. The van der Waals surface area contributed by atoms with Crippen LogP contribution < -0.4 is 5.32 Å². The lowest BCUT2D eigenvalue weighted by Crippen LogP contribution is -2.32. The molecule has 1 saturated heterocycles.